The van der Waals surface area contributed by atoms with Gasteiger partial charge in [-0.15, -0.1) is 0 Å². The SMILES string of the molecule is COc1cc(C)c(Cl)cc1S(=O)(=O)Oc1cccc2ccc(C)nc12. The van der Waals surface area contributed by atoms with E-state index in [9.17, 15) is 8.42 Å². The fraction of sp³-hybridized carbons (Fsp3) is 0.167. The molecule has 0 bridgehead atoms. The fourth-order valence-electron chi connectivity index (χ4n) is 2.44. The molecule has 1 aromatic heterocycles. The van der Waals surface area contributed by atoms with Gasteiger partial charge in [-0.1, -0.05) is 29.8 Å². The number of rotatable bonds is 4. The lowest BCUT2D eigenvalue weighted by atomic mass is 10.2. The van der Waals surface area contributed by atoms with Crippen LogP contribution in [0, 0.1) is 13.8 Å². The third kappa shape index (κ3) is 3.41. The first-order valence-electron chi connectivity index (χ1n) is 7.47. The fourth-order valence-corrected chi connectivity index (χ4v) is 3.78. The molecular formula is C18H16ClNO4S. The van der Waals surface area contributed by atoms with Crippen LogP contribution in [0.15, 0.2) is 47.4 Å². The van der Waals surface area contributed by atoms with Gasteiger partial charge in [0.15, 0.2) is 5.75 Å². The third-order valence-corrected chi connectivity index (χ3v) is 5.40. The molecule has 0 N–H and O–H groups in total. The van der Waals surface area contributed by atoms with Crippen LogP contribution in [0.25, 0.3) is 10.9 Å². The number of aryl methyl sites for hydroxylation is 2. The molecule has 0 spiro atoms. The van der Waals surface area contributed by atoms with E-state index in [1.807, 2.05) is 25.1 Å². The van der Waals surface area contributed by atoms with Crippen LogP contribution in [0.2, 0.25) is 5.02 Å². The van der Waals surface area contributed by atoms with Gasteiger partial charge in [0, 0.05) is 16.1 Å². The predicted molar refractivity (Wildman–Crippen MR) is 97.0 cm³/mol. The summed E-state index contributed by atoms with van der Waals surface area (Å²) in [5, 5.41) is 1.10. The normalized spacial score (nSPS) is 11.5. The molecule has 130 valence electrons. The molecule has 0 radical (unpaired) electrons. The Balaban J connectivity index is 2.12. The van der Waals surface area contributed by atoms with Crippen LogP contribution in [-0.4, -0.2) is 20.5 Å². The predicted octanol–water partition coefficient (Wildman–Crippen LogP) is 4.28. The van der Waals surface area contributed by atoms with Crippen molar-refractivity contribution in [1.29, 1.82) is 0 Å². The van der Waals surface area contributed by atoms with Gasteiger partial charge in [-0.2, -0.15) is 8.42 Å². The van der Waals surface area contributed by atoms with E-state index < -0.39 is 10.1 Å². The molecule has 0 aliphatic rings. The first-order valence-corrected chi connectivity index (χ1v) is 9.25. The maximum absolute atomic E-state index is 12.8. The third-order valence-electron chi connectivity index (χ3n) is 3.74. The van der Waals surface area contributed by atoms with Gasteiger partial charge in [-0.05, 0) is 43.7 Å². The highest BCUT2D eigenvalue weighted by atomic mass is 35.5. The Bertz CT molecular complexity index is 1060. The Hall–Kier alpha value is -2.31. The second kappa shape index (κ2) is 6.54. The number of aromatic nitrogens is 1. The molecule has 1 heterocycles. The average Bonchev–Trinajstić information content (AvgIpc) is 2.57. The number of fused-ring (bicyclic) bond motifs is 1. The molecule has 0 aliphatic carbocycles. The maximum Gasteiger partial charge on any atom is 0.343 e. The zero-order valence-electron chi connectivity index (χ0n) is 13.9. The van der Waals surface area contributed by atoms with E-state index in [-0.39, 0.29) is 16.4 Å². The van der Waals surface area contributed by atoms with Crippen LogP contribution in [0.3, 0.4) is 0 Å². The smallest absolute Gasteiger partial charge is 0.343 e. The summed E-state index contributed by atoms with van der Waals surface area (Å²) in [4.78, 5) is 4.25. The van der Waals surface area contributed by atoms with Crippen molar-refractivity contribution >= 4 is 32.6 Å². The number of nitrogens with zero attached hydrogens (tertiary/aromatic N) is 1. The standard InChI is InChI=1S/C18H16ClNO4S/c1-11-9-16(23-3)17(10-14(11)19)25(21,22)24-15-6-4-5-13-8-7-12(2)20-18(13)15/h4-10H,1-3H3. The molecule has 7 heteroatoms. The lowest BCUT2D eigenvalue weighted by Gasteiger charge is -2.13. The molecule has 0 saturated heterocycles. The molecule has 0 amide bonds. The Morgan fingerprint density at radius 1 is 1.04 bits per heavy atom. The molecule has 5 nitrogen and oxygen atoms in total. The lowest BCUT2D eigenvalue weighted by molar-refractivity contribution is 0.398. The summed E-state index contributed by atoms with van der Waals surface area (Å²) >= 11 is 6.08. The van der Waals surface area contributed by atoms with Crippen molar-refractivity contribution in [2.75, 3.05) is 7.11 Å². The zero-order valence-corrected chi connectivity index (χ0v) is 15.5. The lowest BCUT2D eigenvalue weighted by Crippen LogP contribution is -2.12. The first-order chi connectivity index (χ1) is 11.8. The van der Waals surface area contributed by atoms with Crippen molar-refractivity contribution in [3.63, 3.8) is 0 Å². The average molecular weight is 378 g/mol. The molecule has 0 fully saturated rings. The monoisotopic (exact) mass is 377 g/mol. The Kier molecular flexibility index (Phi) is 4.58. The molecule has 3 rings (SSSR count). The van der Waals surface area contributed by atoms with Crippen LogP contribution in [0.4, 0.5) is 0 Å². The summed E-state index contributed by atoms with van der Waals surface area (Å²) in [5.41, 5.74) is 1.94. The second-order valence-corrected chi connectivity index (χ2v) is 7.49. The topological polar surface area (TPSA) is 65.5 Å². The van der Waals surface area contributed by atoms with E-state index in [1.165, 1.54) is 13.2 Å². The summed E-state index contributed by atoms with van der Waals surface area (Å²) in [6.45, 7) is 3.59. The van der Waals surface area contributed by atoms with Gasteiger partial charge in [0.2, 0.25) is 0 Å². The van der Waals surface area contributed by atoms with E-state index in [1.54, 1.807) is 25.1 Å². The molecular weight excluding hydrogens is 362 g/mol. The molecule has 0 unspecified atom stereocenters. The van der Waals surface area contributed by atoms with Crippen molar-refractivity contribution in [1.82, 2.24) is 4.98 Å². The maximum atomic E-state index is 12.8. The largest absolute Gasteiger partial charge is 0.495 e. The second-order valence-electron chi connectivity index (χ2n) is 5.57. The molecule has 2 aromatic carbocycles. The van der Waals surface area contributed by atoms with Gasteiger partial charge in [-0.3, -0.25) is 0 Å². The van der Waals surface area contributed by atoms with E-state index >= 15 is 0 Å². The minimum absolute atomic E-state index is 0.129. The quantitative estimate of drug-likeness (QED) is 0.635. The van der Waals surface area contributed by atoms with Crippen molar-refractivity contribution in [3.05, 3.63) is 58.7 Å². The number of hydrogen-bond donors (Lipinski definition) is 0. The van der Waals surface area contributed by atoms with E-state index in [0.717, 1.165) is 11.1 Å². The van der Waals surface area contributed by atoms with Crippen LogP contribution >= 0.6 is 11.6 Å². The Morgan fingerprint density at radius 2 is 1.80 bits per heavy atom. The van der Waals surface area contributed by atoms with Gasteiger partial charge in [0.1, 0.15) is 16.2 Å². The molecule has 25 heavy (non-hydrogen) atoms. The van der Waals surface area contributed by atoms with Gasteiger partial charge in [0.25, 0.3) is 0 Å². The van der Waals surface area contributed by atoms with Crippen molar-refractivity contribution in [2.24, 2.45) is 0 Å². The van der Waals surface area contributed by atoms with Crippen LogP contribution in [0.5, 0.6) is 11.5 Å². The summed E-state index contributed by atoms with van der Waals surface area (Å²) in [5.74, 6) is 0.325. The number of hydrogen-bond acceptors (Lipinski definition) is 5. The van der Waals surface area contributed by atoms with E-state index in [4.69, 9.17) is 20.5 Å². The molecule has 0 saturated carbocycles. The van der Waals surface area contributed by atoms with Crippen molar-refractivity contribution < 1.29 is 17.3 Å². The van der Waals surface area contributed by atoms with Crippen LogP contribution < -0.4 is 8.92 Å². The first kappa shape index (κ1) is 17.5. The molecule has 3 aromatic rings. The van der Waals surface area contributed by atoms with E-state index in [0.29, 0.717) is 16.1 Å². The Labute approximate surface area is 151 Å². The summed E-state index contributed by atoms with van der Waals surface area (Å²) < 4.78 is 36.1. The van der Waals surface area contributed by atoms with Crippen LogP contribution in [0.1, 0.15) is 11.3 Å². The number of halogens is 1. The van der Waals surface area contributed by atoms with Crippen molar-refractivity contribution in [3.8, 4) is 11.5 Å². The highest BCUT2D eigenvalue weighted by Gasteiger charge is 2.24. The number of para-hydroxylation sites is 1. The number of methoxy groups -OCH3 is 1. The van der Waals surface area contributed by atoms with Crippen molar-refractivity contribution in [2.45, 2.75) is 18.7 Å². The van der Waals surface area contributed by atoms with Gasteiger partial charge in [-0.25, -0.2) is 4.98 Å². The van der Waals surface area contributed by atoms with Crippen LogP contribution in [-0.2, 0) is 10.1 Å². The zero-order chi connectivity index (χ0) is 18.2. The molecule has 0 aliphatic heterocycles. The summed E-state index contributed by atoms with van der Waals surface area (Å²) in [6, 6.07) is 11.7. The minimum atomic E-state index is -4.15. The number of pyridine rings is 1. The minimum Gasteiger partial charge on any atom is -0.495 e. The van der Waals surface area contributed by atoms with Gasteiger partial charge < -0.3 is 8.92 Å². The Morgan fingerprint density at radius 3 is 2.52 bits per heavy atom. The highest BCUT2D eigenvalue weighted by molar-refractivity contribution is 7.87. The molecule has 0 atom stereocenters. The number of ether oxygens (including phenoxy) is 1. The summed E-state index contributed by atoms with van der Waals surface area (Å²) in [6.07, 6.45) is 0. The highest BCUT2D eigenvalue weighted by Crippen LogP contribution is 2.33. The van der Waals surface area contributed by atoms with Gasteiger partial charge in [0.05, 0.1) is 7.11 Å². The van der Waals surface area contributed by atoms with E-state index in [2.05, 4.69) is 4.98 Å². The number of benzene rings is 2. The van der Waals surface area contributed by atoms with Gasteiger partial charge >= 0.3 is 10.1 Å². The summed E-state index contributed by atoms with van der Waals surface area (Å²) in [7, 11) is -2.76.